The van der Waals surface area contributed by atoms with Crippen LogP contribution < -0.4 is 5.32 Å². The van der Waals surface area contributed by atoms with Gasteiger partial charge in [-0.1, -0.05) is 25.1 Å². The predicted octanol–water partition coefficient (Wildman–Crippen LogP) is 4.56. The summed E-state index contributed by atoms with van der Waals surface area (Å²) < 4.78 is 1.31. The molecule has 0 spiro atoms. The molecule has 1 aromatic carbocycles. The molecule has 0 radical (unpaired) electrons. The van der Waals surface area contributed by atoms with Crippen LogP contribution in [0.25, 0.3) is 10.1 Å². The summed E-state index contributed by atoms with van der Waals surface area (Å²) in [6.45, 7) is 9.28. The molecule has 3 nitrogen and oxygen atoms in total. The van der Waals surface area contributed by atoms with E-state index in [0.717, 1.165) is 4.88 Å². The molecule has 1 N–H and O–H groups in total. The molecule has 1 aromatic heterocycles. The molecule has 6 rings (SSSR count). The molecule has 138 valence electrons. The van der Waals surface area contributed by atoms with Crippen molar-refractivity contribution >= 4 is 27.3 Å². The zero-order valence-electron chi connectivity index (χ0n) is 16.0. The fraction of sp³-hybridized carbons (Fsp3) is 0.591. The fourth-order valence-corrected chi connectivity index (χ4v) is 6.42. The second-order valence-corrected chi connectivity index (χ2v) is 10.4. The van der Waals surface area contributed by atoms with E-state index in [-0.39, 0.29) is 17.5 Å². The van der Waals surface area contributed by atoms with Gasteiger partial charge in [0.05, 0.1) is 4.88 Å². The minimum absolute atomic E-state index is 0.0557. The first-order chi connectivity index (χ1) is 12.4. The number of piperidine rings is 3. The van der Waals surface area contributed by atoms with Crippen molar-refractivity contribution in [2.45, 2.75) is 63.5 Å². The van der Waals surface area contributed by atoms with Crippen molar-refractivity contribution in [3.63, 3.8) is 0 Å². The lowest BCUT2D eigenvalue weighted by molar-refractivity contribution is -0.0377. The molecule has 1 saturated carbocycles. The maximum absolute atomic E-state index is 13.1. The second kappa shape index (κ2) is 5.56. The van der Waals surface area contributed by atoms with Crippen LogP contribution >= 0.6 is 11.3 Å². The fourth-order valence-electron chi connectivity index (χ4n) is 5.20. The average Bonchev–Trinajstić information content (AvgIpc) is 3.21. The Morgan fingerprint density at radius 3 is 2.58 bits per heavy atom. The van der Waals surface area contributed by atoms with Gasteiger partial charge in [0.15, 0.2) is 0 Å². The summed E-state index contributed by atoms with van der Waals surface area (Å²) in [6.07, 6.45) is 4.95. The van der Waals surface area contributed by atoms with Crippen LogP contribution in [0.15, 0.2) is 24.3 Å². The van der Waals surface area contributed by atoms with Crippen LogP contribution in [0.4, 0.5) is 0 Å². The van der Waals surface area contributed by atoms with Crippen molar-refractivity contribution in [1.82, 2.24) is 10.2 Å². The van der Waals surface area contributed by atoms with Gasteiger partial charge in [-0.15, -0.1) is 11.3 Å². The quantitative estimate of drug-likeness (QED) is 0.862. The van der Waals surface area contributed by atoms with E-state index < -0.39 is 0 Å². The van der Waals surface area contributed by atoms with Gasteiger partial charge < -0.3 is 5.32 Å². The van der Waals surface area contributed by atoms with Crippen molar-refractivity contribution in [1.29, 1.82) is 0 Å². The zero-order valence-corrected chi connectivity index (χ0v) is 16.8. The number of carbonyl (C=O) groups is 1. The van der Waals surface area contributed by atoms with E-state index in [1.165, 1.54) is 54.4 Å². The zero-order chi connectivity index (χ0) is 18.1. The molecule has 2 bridgehead atoms. The monoisotopic (exact) mass is 368 g/mol. The Bertz CT molecular complexity index is 871. The first kappa shape index (κ1) is 16.8. The van der Waals surface area contributed by atoms with Gasteiger partial charge in [0.2, 0.25) is 0 Å². The summed E-state index contributed by atoms with van der Waals surface area (Å²) in [5.74, 6) is 0.735. The number of nitrogens with zero attached hydrogens (tertiary/aromatic N) is 1. The number of nitrogens with one attached hydrogen (secondary N) is 1. The topological polar surface area (TPSA) is 32.3 Å². The molecule has 4 heteroatoms. The van der Waals surface area contributed by atoms with Crippen molar-refractivity contribution in [3.05, 3.63) is 34.7 Å². The maximum Gasteiger partial charge on any atom is 0.261 e. The standard InChI is InChI=1S/C22H28N2OS/c1-21(2)19(14-7-11-24(21)12-8-14)23-20(25)17-13-15-5-4-6-16(18(15)26-17)22(3)9-10-22/h4-6,13-14,19H,7-12H2,1-3H3,(H,23,25)/t19-/m1/s1. The van der Waals surface area contributed by atoms with Crippen LogP contribution in [0.1, 0.15) is 61.7 Å². The molecule has 4 aliphatic rings. The number of amides is 1. The van der Waals surface area contributed by atoms with Gasteiger partial charge in [0.1, 0.15) is 0 Å². The SMILES string of the molecule is CC1(c2cccc3cc(C(=O)N[C@@H]4C5CCN(CC5)C4(C)C)sc23)CC1. The molecule has 2 aromatic rings. The summed E-state index contributed by atoms with van der Waals surface area (Å²) in [5.41, 5.74) is 1.82. The summed E-state index contributed by atoms with van der Waals surface area (Å²) in [5, 5.41) is 4.64. The molecule has 1 aliphatic carbocycles. The molecule has 3 saturated heterocycles. The van der Waals surface area contributed by atoms with Crippen molar-refractivity contribution < 1.29 is 4.79 Å². The van der Waals surface area contributed by atoms with Gasteiger partial charge in [-0.3, -0.25) is 9.69 Å². The summed E-state index contributed by atoms with van der Waals surface area (Å²) in [6, 6.07) is 8.90. The molecule has 26 heavy (non-hydrogen) atoms. The Morgan fingerprint density at radius 2 is 1.92 bits per heavy atom. The van der Waals surface area contributed by atoms with Crippen molar-refractivity contribution in [2.75, 3.05) is 13.1 Å². The normalized spacial score (nSPS) is 31.1. The number of benzene rings is 1. The van der Waals surface area contributed by atoms with Gasteiger partial charge in [0.25, 0.3) is 5.91 Å². The molecular weight excluding hydrogens is 340 g/mol. The molecule has 4 fully saturated rings. The third-order valence-corrected chi connectivity index (χ3v) is 8.47. The van der Waals surface area contributed by atoms with Crippen LogP contribution in [0, 0.1) is 5.92 Å². The lowest BCUT2D eigenvalue weighted by Crippen LogP contribution is -2.69. The highest BCUT2D eigenvalue weighted by molar-refractivity contribution is 7.21. The van der Waals surface area contributed by atoms with Crippen molar-refractivity contribution in [3.8, 4) is 0 Å². The Labute approximate surface area is 159 Å². The summed E-state index contributed by atoms with van der Waals surface area (Å²) >= 11 is 1.68. The van der Waals surface area contributed by atoms with Crippen LogP contribution in [0.3, 0.4) is 0 Å². The van der Waals surface area contributed by atoms with E-state index in [1.54, 1.807) is 11.3 Å². The maximum atomic E-state index is 13.1. The van der Waals surface area contributed by atoms with E-state index in [4.69, 9.17) is 0 Å². The molecule has 0 unspecified atom stereocenters. The molecule has 1 atom stereocenters. The number of hydrogen-bond donors (Lipinski definition) is 1. The number of rotatable bonds is 3. The number of thiophene rings is 1. The minimum Gasteiger partial charge on any atom is -0.346 e. The average molecular weight is 369 g/mol. The van der Waals surface area contributed by atoms with E-state index in [2.05, 4.69) is 55.3 Å². The first-order valence-electron chi connectivity index (χ1n) is 9.97. The van der Waals surface area contributed by atoms with Crippen LogP contribution in [-0.4, -0.2) is 35.5 Å². The third kappa shape index (κ3) is 2.45. The van der Waals surface area contributed by atoms with E-state index in [9.17, 15) is 4.79 Å². The minimum atomic E-state index is 0.0557. The Kier molecular flexibility index (Phi) is 3.58. The van der Waals surface area contributed by atoms with E-state index in [0.29, 0.717) is 11.3 Å². The van der Waals surface area contributed by atoms with E-state index >= 15 is 0 Å². The smallest absolute Gasteiger partial charge is 0.261 e. The first-order valence-corrected chi connectivity index (χ1v) is 10.8. The van der Waals surface area contributed by atoms with Crippen LogP contribution in [-0.2, 0) is 5.41 Å². The highest BCUT2D eigenvalue weighted by Crippen LogP contribution is 2.51. The lowest BCUT2D eigenvalue weighted by atomic mass is 9.72. The van der Waals surface area contributed by atoms with Gasteiger partial charge in [-0.2, -0.15) is 0 Å². The molecule has 3 aliphatic heterocycles. The number of carbonyl (C=O) groups excluding carboxylic acids is 1. The van der Waals surface area contributed by atoms with Gasteiger partial charge in [-0.25, -0.2) is 0 Å². The highest BCUT2D eigenvalue weighted by Gasteiger charge is 2.48. The Balaban J connectivity index is 1.44. The molecular formula is C22H28N2OS. The predicted molar refractivity (Wildman–Crippen MR) is 108 cm³/mol. The van der Waals surface area contributed by atoms with Crippen molar-refractivity contribution in [2.24, 2.45) is 5.92 Å². The van der Waals surface area contributed by atoms with Gasteiger partial charge in [-0.05, 0) is 81.0 Å². The number of fused-ring (bicyclic) bond motifs is 4. The van der Waals surface area contributed by atoms with Gasteiger partial charge in [0, 0.05) is 16.3 Å². The lowest BCUT2D eigenvalue weighted by Gasteiger charge is -2.56. The van der Waals surface area contributed by atoms with Crippen LogP contribution in [0.5, 0.6) is 0 Å². The van der Waals surface area contributed by atoms with Gasteiger partial charge >= 0.3 is 0 Å². The second-order valence-electron chi connectivity index (χ2n) is 9.32. The number of hydrogen-bond acceptors (Lipinski definition) is 3. The largest absolute Gasteiger partial charge is 0.346 e. The summed E-state index contributed by atoms with van der Waals surface area (Å²) in [4.78, 5) is 16.5. The molecule has 4 heterocycles. The van der Waals surface area contributed by atoms with E-state index in [1.807, 2.05) is 0 Å². The highest BCUT2D eigenvalue weighted by atomic mass is 32.1. The Morgan fingerprint density at radius 1 is 1.19 bits per heavy atom. The Hall–Kier alpha value is -1.39. The van der Waals surface area contributed by atoms with Crippen LogP contribution in [0.2, 0.25) is 0 Å². The molecule has 1 amide bonds. The third-order valence-electron chi connectivity index (χ3n) is 7.29. The summed E-state index contributed by atoms with van der Waals surface area (Å²) in [7, 11) is 0.